The van der Waals surface area contributed by atoms with E-state index in [1.54, 1.807) is 49.4 Å². The Balaban J connectivity index is 2.18. The molecule has 0 saturated heterocycles. The number of benzene rings is 2. The van der Waals surface area contributed by atoms with Crippen molar-refractivity contribution in [3.8, 4) is 5.75 Å². The summed E-state index contributed by atoms with van der Waals surface area (Å²) in [6.45, 7) is 5.53. The van der Waals surface area contributed by atoms with Gasteiger partial charge in [0.15, 0.2) is 6.61 Å². The Morgan fingerprint density at radius 2 is 1.80 bits per heavy atom. The van der Waals surface area contributed by atoms with Gasteiger partial charge in [-0.2, -0.15) is 0 Å². The highest BCUT2D eigenvalue weighted by Gasteiger charge is 2.27. The van der Waals surface area contributed by atoms with Crippen LogP contribution in [0.25, 0.3) is 0 Å². The second-order valence-corrected chi connectivity index (χ2v) is 8.26. The minimum absolute atomic E-state index is 0.00425. The average molecular weight is 472 g/mol. The second-order valence-electron chi connectivity index (χ2n) is 7.01. The lowest BCUT2D eigenvalue weighted by Gasteiger charge is -2.29. The summed E-state index contributed by atoms with van der Waals surface area (Å²) in [5.41, 5.74) is 0.753. The van der Waals surface area contributed by atoms with E-state index < -0.39 is 6.04 Å². The molecule has 0 aliphatic carbocycles. The number of carbonyl (C=O) groups is 2. The Morgan fingerprint density at radius 3 is 2.43 bits per heavy atom. The third-order valence-electron chi connectivity index (χ3n) is 4.66. The Morgan fingerprint density at radius 1 is 1.07 bits per heavy atom. The van der Waals surface area contributed by atoms with Crippen LogP contribution in [0.15, 0.2) is 42.5 Å². The van der Waals surface area contributed by atoms with Gasteiger partial charge in [0.2, 0.25) is 5.91 Å². The van der Waals surface area contributed by atoms with Gasteiger partial charge >= 0.3 is 0 Å². The second kappa shape index (κ2) is 11.4. The summed E-state index contributed by atoms with van der Waals surface area (Å²) in [6, 6.07) is 11.2. The van der Waals surface area contributed by atoms with Gasteiger partial charge in [0, 0.05) is 17.6 Å². The minimum atomic E-state index is -0.705. The highest BCUT2D eigenvalue weighted by atomic mass is 35.5. The zero-order chi connectivity index (χ0) is 22.3. The molecule has 0 saturated carbocycles. The molecule has 0 heterocycles. The fourth-order valence-corrected chi connectivity index (χ4v) is 3.17. The molecular formula is C22H25Cl3N2O3. The molecule has 5 nitrogen and oxygen atoms in total. The van der Waals surface area contributed by atoms with Gasteiger partial charge in [-0.25, -0.2) is 0 Å². The molecule has 30 heavy (non-hydrogen) atoms. The van der Waals surface area contributed by atoms with Crippen LogP contribution < -0.4 is 10.1 Å². The van der Waals surface area contributed by atoms with E-state index in [1.807, 2.05) is 13.8 Å². The minimum Gasteiger partial charge on any atom is -0.484 e. The number of hydrogen-bond acceptors (Lipinski definition) is 3. The topological polar surface area (TPSA) is 58.6 Å². The summed E-state index contributed by atoms with van der Waals surface area (Å²) in [5.74, 6) is -0.101. The third-order valence-corrected chi connectivity index (χ3v) is 5.64. The Hall–Kier alpha value is -1.95. The number of halogens is 3. The fourth-order valence-electron chi connectivity index (χ4n) is 2.67. The molecule has 2 aromatic rings. The number of nitrogens with zero attached hydrogens (tertiary/aromatic N) is 1. The normalized spacial score (nSPS) is 12.7. The van der Waals surface area contributed by atoms with Crippen molar-refractivity contribution in [2.24, 2.45) is 0 Å². The highest BCUT2D eigenvalue weighted by molar-refractivity contribution is 6.42. The number of amides is 2. The van der Waals surface area contributed by atoms with Crippen LogP contribution in [0.5, 0.6) is 5.75 Å². The first-order valence-electron chi connectivity index (χ1n) is 9.63. The van der Waals surface area contributed by atoms with E-state index >= 15 is 0 Å². The molecule has 0 radical (unpaired) electrons. The Kier molecular flexibility index (Phi) is 9.28. The largest absolute Gasteiger partial charge is 0.484 e. The molecule has 0 unspecified atom stereocenters. The number of carbonyl (C=O) groups excluding carboxylic acids is 2. The maximum atomic E-state index is 13.0. The van der Waals surface area contributed by atoms with E-state index in [0.29, 0.717) is 20.8 Å². The summed E-state index contributed by atoms with van der Waals surface area (Å²) in [5, 5.41) is 4.23. The molecule has 2 amide bonds. The van der Waals surface area contributed by atoms with Crippen molar-refractivity contribution in [2.75, 3.05) is 6.61 Å². The molecule has 2 atom stereocenters. The first-order chi connectivity index (χ1) is 14.2. The number of ether oxygens (including phenoxy) is 1. The van der Waals surface area contributed by atoms with Crippen LogP contribution in [0.2, 0.25) is 15.1 Å². The zero-order valence-electron chi connectivity index (χ0n) is 17.1. The summed E-state index contributed by atoms with van der Waals surface area (Å²) in [4.78, 5) is 27.1. The van der Waals surface area contributed by atoms with Crippen molar-refractivity contribution in [2.45, 2.75) is 45.8 Å². The molecule has 0 bridgehead atoms. The number of nitrogens with one attached hydrogen (secondary N) is 1. The predicted octanol–water partition coefficient (Wildman–Crippen LogP) is 5.36. The van der Waals surface area contributed by atoms with Crippen LogP contribution in [0, 0.1) is 0 Å². The quantitative estimate of drug-likeness (QED) is 0.536. The predicted molar refractivity (Wildman–Crippen MR) is 121 cm³/mol. The van der Waals surface area contributed by atoms with Gasteiger partial charge in [0.1, 0.15) is 11.8 Å². The molecule has 162 valence electrons. The lowest BCUT2D eigenvalue weighted by molar-refractivity contribution is -0.142. The average Bonchev–Trinajstić information content (AvgIpc) is 2.72. The van der Waals surface area contributed by atoms with E-state index in [1.165, 1.54) is 4.90 Å². The van der Waals surface area contributed by atoms with Gasteiger partial charge in [-0.05, 0) is 56.2 Å². The first-order valence-corrected chi connectivity index (χ1v) is 10.8. The Bertz CT molecular complexity index is 892. The first kappa shape index (κ1) is 24.3. The van der Waals surface area contributed by atoms with Crippen LogP contribution >= 0.6 is 34.8 Å². The molecule has 8 heteroatoms. The van der Waals surface area contributed by atoms with E-state index in [9.17, 15) is 9.59 Å². The van der Waals surface area contributed by atoms with Crippen LogP contribution in [-0.2, 0) is 16.1 Å². The molecule has 0 aromatic heterocycles. The summed E-state index contributed by atoms with van der Waals surface area (Å²) < 4.78 is 5.59. The van der Waals surface area contributed by atoms with Gasteiger partial charge in [-0.15, -0.1) is 0 Å². The van der Waals surface area contributed by atoms with Crippen LogP contribution in [0.3, 0.4) is 0 Å². The van der Waals surface area contributed by atoms with Gasteiger partial charge in [-0.3, -0.25) is 9.59 Å². The number of hydrogen-bond donors (Lipinski definition) is 1. The molecule has 2 aromatic carbocycles. The summed E-state index contributed by atoms with van der Waals surface area (Å²) >= 11 is 18.1. The van der Waals surface area contributed by atoms with Crippen molar-refractivity contribution < 1.29 is 14.3 Å². The van der Waals surface area contributed by atoms with Crippen molar-refractivity contribution >= 4 is 46.6 Å². The fraction of sp³-hybridized carbons (Fsp3) is 0.364. The van der Waals surface area contributed by atoms with Crippen molar-refractivity contribution in [3.63, 3.8) is 0 Å². The smallest absolute Gasteiger partial charge is 0.261 e. The molecular weight excluding hydrogens is 447 g/mol. The molecule has 1 N–H and O–H groups in total. The zero-order valence-corrected chi connectivity index (χ0v) is 19.4. The number of rotatable bonds is 9. The van der Waals surface area contributed by atoms with E-state index in [2.05, 4.69) is 5.32 Å². The van der Waals surface area contributed by atoms with Crippen LogP contribution in [0.1, 0.15) is 32.8 Å². The molecule has 0 aliphatic rings. The van der Waals surface area contributed by atoms with Crippen LogP contribution in [0.4, 0.5) is 0 Å². The monoisotopic (exact) mass is 470 g/mol. The standard InChI is InChI=1S/C22H25Cl3N2O3/c1-4-14(2)26-22(29)15(3)27(12-16-8-9-19(24)20(25)10-16)21(28)13-30-18-7-5-6-17(23)11-18/h5-11,14-15H,4,12-13H2,1-3H3,(H,26,29)/t14-,15+/m0/s1. The third kappa shape index (κ3) is 7.08. The Labute approximate surface area is 192 Å². The van der Waals surface area contributed by atoms with Gasteiger partial charge in [0.25, 0.3) is 5.91 Å². The SMILES string of the molecule is CC[C@H](C)NC(=O)[C@@H](C)N(Cc1ccc(Cl)c(Cl)c1)C(=O)COc1cccc(Cl)c1. The lowest BCUT2D eigenvalue weighted by atomic mass is 10.1. The summed E-state index contributed by atoms with van der Waals surface area (Å²) in [6.07, 6.45) is 0.789. The van der Waals surface area contributed by atoms with E-state index in [4.69, 9.17) is 39.5 Å². The van der Waals surface area contributed by atoms with Gasteiger partial charge < -0.3 is 15.0 Å². The van der Waals surface area contributed by atoms with Crippen LogP contribution in [-0.4, -0.2) is 35.4 Å². The van der Waals surface area contributed by atoms with E-state index in [-0.39, 0.29) is 31.0 Å². The van der Waals surface area contributed by atoms with Gasteiger partial charge in [-0.1, -0.05) is 53.9 Å². The van der Waals surface area contributed by atoms with Crippen molar-refractivity contribution in [1.29, 1.82) is 0 Å². The maximum absolute atomic E-state index is 13.0. The molecule has 0 spiro atoms. The lowest BCUT2D eigenvalue weighted by Crippen LogP contribution is -2.50. The molecule has 0 aliphatic heterocycles. The highest BCUT2D eigenvalue weighted by Crippen LogP contribution is 2.24. The van der Waals surface area contributed by atoms with Gasteiger partial charge in [0.05, 0.1) is 10.0 Å². The summed E-state index contributed by atoms with van der Waals surface area (Å²) in [7, 11) is 0. The van der Waals surface area contributed by atoms with Crippen molar-refractivity contribution in [3.05, 3.63) is 63.1 Å². The van der Waals surface area contributed by atoms with Crippen molar-refractivity contribution in [1.82, 2.24) is 10.2 Å². The molecule has 2 rings (SSSR count). The van der Waals surface area contributed by atoms with E-state index in [0.717, 1.165) is 12.0 Å². The maximum Gasteiger partial charge on any atom is 0.261 e. The molecule has 0 fully saturated rings.